The highest BCUT2D eigenvalue weighted by atomic mass is 16.2. The van der Waals surface area contributed by atoms with Crippen molar-refractivity contribution in [2.75, 3.05) is 7.05 Å². The molecule has 1 aliphatic rings. The van der Waals surface area contributed by atoms with Crippen LogP contribution in [0.25, 0.3) is 10.9 Å². The number of fused-ring (bicyclic) bond motifs is 1. The highest BCUT2D eigenvalue weighted by Gasteiger charge is 2.33. The first-order chi connectivity index (χ1) is 9.16. The summed E-state index contributed by atoms with van der Waals surface area (Å²) in [6.07, 6.45) is 1.25. The number of nitrogens with two attached hydrogens (primary N) is 1. The van der Waals surface area contributed by atoms with E-state index in [-0.39, 0.29) is 18.0 Å². The van der Waals surface area contributed by atoms with E-state index in [4.69, 9.17) is 5.73 Å². The summed E-state index contributed by atoms with van der Waals surface area (Å²) in [5, 5.41) is 1.10. The second-order valence-electron chi connectivity index (χ2n) is 5.08. The van der Waals surface area contributed by atoms with Crippen molar-refractivity contribution in [2.45, 2.75) is 24.9 Å². The number of hydrogen-bond acceptors (Lipinski definition) is 3. The van der Waals surface area contributed by atoms with Crippen LogP contribution in [-0.4, -0.2) is 28.9 Å². The quantitative estimate of drug-likeness (QED) is 0.846. The molecule has 2 heterocycles. The third kappa shape index (κ3) is 2.08. The van der Waals surface area contributed by atoms with Crippen molar-refractivity contribution in [1.82, 2.24) is 9.88 Å². The van der Waals surface area contributed by atoms with E-state index in [1.54, 1.807) is 4.90 Å². The smallest absolute Gasteiger partial charge is 0.222 e. The molecule has 4 heteroatoms. The van der Waals surface area contributed by atoms with Crippen LogP contribution in [0.4, 0.5) is 0 Å². The van der Waals surface area contributed by atoms with Gasteiger partial charge in [-0.2, -0.15) is 0 Å². The lowest BCUT2D eigenvalue weighted by atomic mass is 9.94. The topological polar surface area (TPSA) is 59.2 Å². The molecule has 1 fully saturated rings. The molecule has 0 spiro atoms. The lowest BCUT2D eigenvalue weighted by molar-refractivity contribution is -0.135. The van der Waals surface area contributed by atoms with Crippen molar-refractivity contribution in [1.29, 1.82) is 0 Å². The van der Waals surface area contributed by atoms with E-state index < -0.39 is 0 Å². The van der Waals surface area contributed by atoms with Crippen molar-refractivity contribution in [3.05, 3.63) is 42.1 Å². The van der Waals surface area contributed by atoms with Gasteiger partial charge in [0, 0.05) is 24.9 Å². The number of nitrogens with zero attached hydrogens (tertiary/aromatic N) is 2. The molecular formula is C15H17N3O. The molecule has 2 unspecified atom stereocenters. The second kappa shape index (κ2) is 4.63. The van der Waals surface area contributed by atoms with Crippen LogP contribution in [0.15, 0.2) is 36.4 Å². The molecule has 2 N–H and O–H groups in total. The number of likely N-dealkylation sites (tertiary alicyclic amines) is 1. The average molecular weight is 255 g/mol. The zero-order valence-electron chi connectivity index (χ0n) is 10.9. The molecule has 1 saturated heterocycles. The van der Waals surface area contributed by atoms with Gasteiger partial charge in [0.1, 0.15) is 0 Å². The predicted octanol–water partition coefficient (Wildman–Crippen LogP) is 1.86. The summed E-state index contributed by atoms with van der Waals surface area (Å²) in [5.41, 5.74) is 7.99. The number of para-hydroxylation sites is 1. The summed E-state index contributed by atoms with van der Waals surface area (Å²) in [4.78, 5) is 18.2. The van der Waals surface area contributed by atoms with E-state index in [0.717, 1.165) is 23.0 Å². The number of hydrogen-bond donors (Lipinski definition) is 1. The van der Waals surface area contributed by atoms with Gasteiger partial charge in [0.25, 0.3) is 0 Å². The maximum absolute atomic E-state index is 11.8. The molecule has 1 aliphatic heterocycles. The Morgan fingerprint density at radius 2 is 2.05 bits per heavy atom. The van der Waals surface area contributed by atoms with Crippen molar-refractivity contribution < 1.29 is 4.79 Å². The van der Waals surface area contributed by atoms with Crippen LogP contribution in [0.3, 0.4) is 0 Å². The number of likely N-dealkylation sites (N-methyl/N-ethyl adjacent to an activating group) is 1. The van der Waals surface area contributed by atoms with Gasteiger partial charge in [0.05, 0.1) is 17.3 Å². The molecule has 0 radical (unpaired) electrons. The number of carbonyl (C=O) groups is 1. The van der Waals surface area contributed by atoms with E-state index in [0.29, 0.717) is 6.42 Å². The van der Waals surface area contributed by atoms with Gasteiger partial charge in [-0.3, -0.25) is 9.78 Å². The van der Waals surface area contributed by atoms with Crippen LogP contribution < -0.4 is 5.73 Å². The number of pyridine rings is 1. The second-order valence-corrected chi connectivity index (χ2v) is 5.08. The first-order valence-electron chi connectivity index (χ1n) is 6.54. The van der Waals surface area contributed by atoms with E-state index >= 15 is 0 Å². The van der Waals surface area contributed by atoms with Crippen LogP contribution in [0.1, 0.15) is 24.6 Å². The summed E-state index contributed by atoms with van der Waals surface area (Å²) in [6.45, 7) is 0. The Kier molecular flexibility index (Phi) is 2.95. The molecule has 19 heavy (non-hydrogen) atoms. The third-order valence-electron chi connectivity index (χ3n) is 3.83. The van der Waals surface area contributed by atoms with Crippen molar-refractivity contribution in [2.24, 2.45) is 5.73 Å². The Hall–Kier alpha value is -1.94. The maximum atomic E-state index is 11.8. The molecule has 98 valence electrons. The normalized spacial score (nSPS) is 23.9. The Morgan fingerprint density at radius 3 is 2.89 bits per heavy atom. The molecule has 0 saturated carbocycles. The van der Waals surface area contributed by atoms with Crippen LogP contribution in [0.5, 0.6) is 0 Å². The highest BCUT2D eigenvalue weighted by Crippen LogP contribution is 2.29. The van der Waals surface area contributed by atoms with Gasteiger partial charge in [-0.1, -0.05) is 24.3 Å². The number of benzene rings is 1. The zero-order valence-corrected chi connectivity index (χ0v) is 10.9. The van der Waals surface area contributed by atoms with E-state index in [9.17, 15) is 4.79 Å². The lowest BCUT2D eigenvalue weighted by Crippen LogP contribution is -2.47. The minimum absolute atomic E-state index is 0.0450. The van der Waals surface area contributed by atoms with E-state index in [1.165, 1.54) is 0 Å². The fourth-order valence-corrected chi connectivity index (χ4v) is 2.73. The minimum atomic E-state index is -0.120. The van der Waals surface area contributed by atoms with Crippen molar-refractivity contribution in [3.8, 4) is 0 Å². The number of piperidine rings is 1. The van der Waals surface area contributed by atoms with Crippen LogP contribution in [0.2, 0.25) is 0 Å². The van der Waals surface area contributed by atoms with Gasteiger partial charge in [-0.05, 0) is 18.6 Å². The largest absolute Gasteiger partial charge is 0.336 e. The average Bonchev–Trinajstić information content (AvgIpc) is 2.43. The summed E-state index contributed by atoms with van der Waals surface area (Å²) >= 11 is 0. The fourth-order valence-electron chi connectivity index (χ4n) is 2.73. The highest BCUT2D eigenvalue weighted by molar-refractivity contribution is 5.79. The molecule has 0 aliphatic carbocycles. The molecule has 1 amide bonds. The molecule has 1 aromatic heterocycles. The number of rotatable bonds is 1. The Labute approximate surface area is 112 Å². The van der Waals surface area contributed by atoms with Crippen LogP contribution in [0, 0.1) is 0 Å². The third-order valence-corrected chi connectivity index (χ3v) is 3.83. The SMILES string of the molecule is CN1C(=O)CCC(N)C1c1ccc2ccccc2n1. The predicted molar refractivity (Wildman–Crippen MR) is 74.5 cm³/mol. The maximum Gasteiger partial charge on any atom is 0.222 e. The van der Waals surface area contributed by atoms with Crippen molar-refractivity contribution >= 4 is 16.8 Å². The van der Waals surface area contributed by atoms with Gasteiger partial charge in [-0.25, -0.2) is 0 Å². The molecular weight excluding hydrogens is 238 g/mol. The minimum Gasteiger partial charge on any atom is -0.336 e. The van der Waals surface area contributed by atoms with Gasteiger partial charge >= 0.3 is 0 Å². The first kappa shape index (κ1) is 12.1. The summed E-state index contributed by atoms with van der Waals surface area (Å²) < 4.78 is 0. The Morgan fingerprint density at radius 1 is 1.26 bits per heavy atom. The zero-order chi connectivity index (χ0) is 13.4. The molecule has 2 atom stereocenters. The van der Waals surface area contributed by atoms with Gasteiger partial charge in [0.2, 0.25) is 5.91 Å². The van der Waals surface area contributed by atoms with Crippen LogP contribution in [-0.2, 0) is 4.79 Å². The summed E-state index contributed by atoms with van der Waals surface area (Å²) in [5.74, 6) is 0.140. The first-order valence-corrected chi connectivity index (χ1v) is 6.54. The molecule has 1 aromatic carbocycles. The Balaban J connectivity index is 2.04. The van der Waals surface area contributed by atoms with E-state index in [1.807, 2.05) is 43.4 Å². The molecule has 2 aromatic rings. The molecule has 0 bridgehead atoms. The van der Waals surface area contributed by atoms with E-state index in [2.05, 4.69) is 4.98 Å². The Bertz CT molecular complexity index is 626. The monoisotopic (exact) mass is 255 g/mol. The number of aromatic nitrogens is 1. The fraction of sp³-hybridized carbons (Fsp3) is 0.333. The summed E-state index contributed by atoms with van der Waals surface area (Å²) in [6, 6.07) is 11.8. The van der Waals surface area contributed by atoms with Gasteiger partial charge in [-0.15, -0.1) is 0 Å². The standard InChI is InChI=1S/C15H17N3O/c1-18-14(19)9-7-11(16)15(18)13-8-6-10-4-2-3-5-12(10)17-13/h2-6,8,11,15H,7,9,16H2,1H3. The van der Waals surface area contributed by atoms with Crippen molar-refractivity contribution in [3.63, 3.8) is 0 Å². The van der Waals surface area contributed by atoms with Gasteiger partial charge < -0.3 is 10.6 Å². The molecule has 4 nitrogen and oxygen atoms in total. The molecule has 3 rings (SSSR count). The number of carbonyl (C=O) groups excluding carboxylic acids is 1. The van der Waals surface area contributed by atoms with Crippen LogP contribution >= 0.6 is 0 Å². The lowest BCUT2D eigenvalue weighted by Gasteiger charge is -2.36. The summed E-state index contributed by atoms with van der Waals surface area (Å²) in [7, 11) is 1.81. The van der Waals surface area contributed by atoms with Gasteiger partial charge in [0.15, 0.2) is 0 Å². The number of amides is 1.